The first-order valence-corrected chi connectivity index (χ1v) is 5.44. The molecule has 1 unspecified atom stereocenters. The molecule has 0 saturated heterocycles. The maximum atomic E-state index is 10.5. The van der Waals surface area contributed by atoms with Crippen molar-refractivity contribution in [2.75, 3.05) is 0 Å². The summed E-state index contributed by atoms with van der Waals surface area (Å²) in [6.45, 7) is 1.92. The van der Waals surface area contributed by atoms with Crippen molar-refractivity contribution in [3.63, 3.8) is 0 Å². The Morgan fingerprint density at radius 1 is 1.20 bits per heavy atom. The fraction of sp³-hybridized carbons (Fsp3) is 0.0909. The van der Waals surface area contributed by atoms with Crippen LogP contribution in [0.4, 0.5) is 0 Å². The summed E-state index contributed by atoms with van der Waals surface area (Å²) in [5, 5.41) is 0. The van der Waals surface area contributed by atoms with Gasteiger partial charge in [-0.3, -0.25) is 0 Å². The second-order valence-corrected chi connectivity index (χ2v) is 3.79. The highest BCUT2D eigenvalue weighted by molar-refractivity contribution is 7.74. The van der Waals surface area contributed by atoms with Crippen LogP contribution in [0.15, 0.2) is 36.4 Å². The molecular weight excluding hydrogens is 212 g/mol. The number of aryl methyl sites for hydroxylation is 1. The summed E-state index contributed by atoms with van der Waals surface area (Å²) in [4.78, 5) is 0. The zero-order chi connectivity index (χ0) is 10.8. The highest BCUT2D eigenvalue weighted by atomic mass is 32.2. The topological polar surface area (TPSA) is 49.4 Å². The quantitative estimate of drug-likeness (QED) is 0.731. The highest BCUT2D eigenvalue weighted by Crippen LogP contribution is 2.37. The van der Waals surface area contributed by atoms with Gasteiger partial charge in [-0.05, 0) is 24.1 Å². The molecule has 0 aromatic heterocycles. The van der Waals surface area contributed by atoms with Gasteiger partial charge in [0.05, 0.1) is 0 Å². The van der Waals surface area contributed by atoms with E-state index in [1.165, 1.54) is 0 Å². The fourth-order valence-electron chi connectivity index (χ4n) is 1.60. The molecule has 4 heteroatoms. The molecule has 2 aliphatic rings. The van der Waals surface area contributed by atoms with Crippen LogP contribution in [0.25, 0.3) is 11.1 Å². The largest absolute Gasteiger partial charge is 0.740 e. The minimum atomic E-state index is -2.53. The van der Waals surface area contributed by atoms with Gasteiger partial charge in [-0.25, -0.2) is 4.21 Å². The molecular formula is C11H9O3S-. The molecule has 1 atom stereocenters. The van der Waals surface area contributed by atoms with E-state index in [0.29, 0.717) is 5.75 Å². The average molecular weight is 221 g/mol. The second kappa shape index (κ2) is 4.00. The number of hydrogen-bond donors (Lipinski definition) is 0. The van der Waals surface area contributed by atoms with Gasteiger partial charge in [-0.15, -0.1) is 0 Å². The Kier molecular flexibility index (Phi) is 2.70. The van der Waals surface area contributed by atoms with E-state index in [4.69, 9.17) is 4.18 Å². The third kappa shape index (κ3) is 2.00. The zero-order valence-corrected chi connectivity index (χ0v) is 8.91. The van der Waals surface area contributed by atoms with Crippen molar-refractivity contribution < 1.29 is 12.9 Å². The van der Waals surface area contributed by atoms with Gasteiger partial charge in [0.1, 0.15) is 17.1 Å². The lowest BCUT2D eigenvalue weighted by Crippen LogP contribution is -1.97. The summed E-state index contributed by atoms with van der Waals surface area (Å²) in [6.07, 6.45) is 0. The number of fused-ring (bicyclic) bond motifs is 1. The van der Waals surface area contributed by atoms with Gasteiger partial charge < -0.3 is 8.74 Å². The molecule has 0 heterocycles. The molecule has 0 radical (unpaired) electrons. The normalized spacial score (nSPS) is 12.7. The molecule has 2 rings (SSSR count). The first-order valence-electron chi connectivity index (χ1n) is 4.44. The maximum Gasteiger partial charge on any atom is 0.147 e. The monoisotopic (exact) mass is 221 g/mol. The van der Waals surface area contributed by atoms with Crippen LogP contribution >= 0.6 is 0 Å². The van der Waals surface area contributed by atoms with Crippen LogP contribution < -0.4 is 4.18 Å². The van der Waals surface area contributed by atoms with E-state index in [2.05, 4.69) is 0 Å². The number of hydrogen-bond acceptors (Lipinski definition) is 3. The Hall–Kier alpha value is -1.39. The van der Waals surface area contributed by atoms with Crippen molar-refractivity contribution in [2.45, 2.75) is 6.92 Å². The van der Waals surface area contributed by atoms with E-state index in [9.17, 15) is 8.76 Å². The Balaban J connectivity index is 2.56. The lowest BCUT2D eigenvalue weighted by molar-refractivity contribution is 0.441. The van der Waals surface area contributed by atoms with E-state index in [1.54, 1.807) is 6.07 Å². The van der Waals surface area contributed by atoms with Gasteiger partial charge in [0.15, 0.2) is 0 Å². The van der Waals surface area contributed by atoms with Crippen LogP contribution in [0.2, 0.25) is 0 Å². The van der Waals surface area contributed by atoms with Crippen molar-refractivity contribution in [3.05, 3.63) is 42.0 Å². The lowest BCUT2D eigenvalue weighted by atomic mass is 10.1. The standard InChI is InChI=1S/C11H10O3S/c1-8-7-11(14-15(12)13)10-6-4-2-3-5-9(8)10/h2-7H,1H3,(H,12,13)/p-1. The Bertz CT molecular complexity index is 481. The summed E-state index contributed by atoms with van der Waals surface area (Å²) in [5.74, 6) is 0.382. The van der Waals surface area contributed by atoms with Crippen molar-refractivity contribution in [2.24, 2.45) is 0 Å². The second-order valence-electron chi connectivity index (χ2n) is 3.22. The molecule has 0 amide bonds. The van der Waals surface area contributed by atoms with Crippen LogP contribution in [0, 0.1) is 6.92 Å². The SMILES string of the molecule is Cc1cc(OS(=O)[O-])c2cccccc1-2. The van der Waals surface area contributed by atoms with Gasteiger partial charge >= 0.3 is 0 Å². The molecule has 3 nitrogen and oxygen atoms in total. The van der Waals surface area contributed by atoms with Crippen LogP contribution in [0.5, 0.6) is 5.75 Å². The molecule has 0 aromatic carbocycles. The molecule has 78 valence electrons. The minimum Gasteiger partial charge on any atom is -0.740 e. The van der Waals surface area contributed by atoms with Crippen LogP contribution in [-0.2, 0) is 11.4 Å². The maximum absolute atomic E-state index is 10.5. The molecule has 15 heavy (non-hydrogen) atoms. The van der Waals surface area contributed by atoms with Gasteiger partial charge in [0.25, 0.3) is 0 Å². The van der Waals surface area contributed by atoms with Gasteiger partial charge in [-0.2, -0.15) is 0 Å². The average Bonchev–Trinajstić information content (AvgIpc) is 2.40. The van der Waals surface area contributed by atoms with Crippen molar-refractivity contribution in [1.82, 2.24) is 0 Å². The van der Waals surface area contributed by atoms with E-state index in [1.807, 2.05) is 37.3 Å². The Morgan fingerprint density at radius 3 is 2.53 bits per heavy atom. The molecule has 0 fully saturated rings. The summed E-state index contributed by atoms with van der Waals surface area (Å²) in [7, 11) is 0. The molecule has 0 bridgehead atoms. The van der Waals surface area contributed by atoms with Gasteiger partial charge in [0.2, 0.25) is 0 Å². The first-order chi connectivity index (χ1) is 7.18. The predicted octanol–water partition coefficient (Wildman–Crippen LogP) is 2.27. The van der Waals surface area contributed by atoms with Crippen molar-refractivity contribution in [1.29, 1.82) is 0 Å². The minimum absolute atomic E-state index is 0.382. The van der Waals surface area contributed by atoms with Crippen LogP contribution in [-0.4, -0.2) is 8.76 Å². The Morgan fingerprint density at radius 2 is 1.87 bits per heavy atom. The van der Waals surface area contributed by atoms with E-state index in [-0.39, 0.29) is 0 Å². The summed E-state index contributed by atoms with van der Waals surface area (Å²) in [5.41, 5.74) is 2.81. The van der Waals surface area contributed by atoms with Crippen LogP contribution in [0.1, 0.15) is 5.56 Å². The van der Waals surface area contributed by atoms with E-state index in [0.717, 1.165) is 16.7 Å². The van der Waals surface area contributed by atoms with E-state index >= 15 is 0 Å². The zero-order valence-electron chi connectivity index (χ0n) is 8.10. The van der Waals surface area contributed by atoms with Gasteiger partial charge in [-0.1, -0.05) is 30.3 Å². The Labute approximate surface area is 90.5 Å². The molecule has 0 aromatic rings. The van der Waals surface area contributed by atoms with Crippen molar-refractivity contribution >= 4 is 11.4 Å². The third-order valence-corrected chi connectivity index (χ3v) is 2.55. The van der Waals surface area contributed by atoms with Crippen molar-refractivity contribution in [3.8, 4) is 16.9 Å². The lowest BCUT2D eigenvalue weighted by Gasteiger charge is -2.06. The summed E-state index contributed by atoms with van der Waals surface area (Å²) < 4.78 is 25.7. The molecule has 2 aliphatic carbocycles. The third-order valence-electron chi connectivity index (χ3n) is 2.23. The highest BCUT2D eigenvalue weighted by Gasteiger charge is 2.12. The molecule has 0 aliphatic heterocycles. The smallest absolute Gasteiger partial charge is 0.147 e. The number of rotatable bonds is 2. The predicted molar refractivity (Wildman–Crippen MR) is 57.3 cm³/mol. The van der Waals surface area contributed by atoms with Gasteiger partial charge in [0, 0.05) is 5.56 Å². The molecule has 0 saturated carbocycles. The molecule has 0 N–H and O–H groups in total. The summed E-state index contributed by atoms with van der Waals surface area (Å²) in [6, 6.07) is 11.1. The molecule has 0 spiro atoms. The first kappa shape index (κ1) is 10.1. The van der Waals surface area contributed by atoms with E-state index < -0.39 is 11.4 Å². The van der Waals surface area contributed by atoms with Crippen LogP contribution in [0.3, 0.4) is 0 Å². The summed E-state index contributed by atoms with van der Waals surface area (Å²) >= 11 is -2.53. The fourth-order valence-corrected chi connectivity index (χ4v) is 1.88.